The van der Waals surface area contributed by atoms with Gasteiger partial charge in [-0.15, -0.1) is 5.10 Å². The third kappa shape index (κ3) is 4.44. The highest BCUT2D eigenvalue weighted by atomic mass is 35.5. The Balaban J connectivity index is 1.46. The number of benzene rings is 2. The zero-order chi connectivity index (χ0) is 28.0. The van der Waals surface area contributed by atoms with Crippen molar-refractivity contribution >= 4 is 34.1 Å². The molecule has 0 amide bonds. The summed E-state index contributed by atoms with van der Waals surface area (Å²) in [4.78, 5) is 9.25. The van der Waals surface area contributed by atoms with Crippen molar-refractivity contribution in [2.45, 2.75) is 25.9 Å². The quantitative estimate of drug-likeness (QED) is 0.257. The van der Waals surface area contributed by atoms with Crippen LogP contribution in [0.25, 0.3) is 16.6 Å². The van der Waals surface area contributed by atoms with Crippen LogP contribution >= 0.6 is 23.2 Å². The predicted octanol–water partition coefficient (Wildman–Crippen LogP) is 5.74. The Labute approximate surface area is 240 Å². The van der Waals surface area contributed by atoms with Crippen molar-refractivity contribution in [1.82, 2.24) is 34.7 Å². The molecule has 1 unspecified atom stereocenters. The molecule has 6 rings (SSSR count). The summed E-state index contributed by atoms with van der Waals surface area (Å²) in [5.41, 5.74) is 4.97. The Kier molecular flexibility index (Phi) is 6.62. The molecular formula is C30H25Cl2N7O. The molecule has 1 atom stereocenters. The van der Waals surface area contributed by atoms with Gasteiger partial charge >= 0.3 is 0 Å². The minimum Gasteiger partial charge on any atom is -0.374 e. The van der Waals surface area contributed by atoms with Crippen LogP contribution in [0.1, 0.15) is 39.3 Å². The molecule has 8 nitrogen and oxygen atoms in total. The van der Waals surface area contributed by atoms with Crippen molar-refractivity contribution in [2.75, 3.05) is 0 Å². The van der Waals surface area contributed by atoms with E-state index >= 15 is 0 Å². The smallest absolute Gasteiger partial charge is 0.160 e. The van der Waals surface area contributed by atoms with Gasteiger partial charge in [0.05, 0.1) is 28.1 Å². The minimum absolute atomic E-state index is 0.339. The number of hydrogen-bond donors (Lipinski definition) is 1. The van der Waals surface area contributed by atoms with Crippen molar-refractivity contribution in [1.29, 1.82) is 0 Å². The average molecular weight is 570 g/mol. The number of pyridine rings is 2. The molecule has 2 aromatic carbocycles. The maximum atomic E-state index is 12.4. The van der Waals surface area contributed by atoms with Gasteiger partial charge in [0.2, 0.25) is 0 Å². The molecule has 0 aliphatic rings. The molecule has 10 heteroatoms. The van der Waals surface area contributed by atoms with Gasteiger partial charge in [-0.05, 0) is 61.4 Å². The van der Waals surface area contributed by atoms with Gasteiger partial charge in [0.15, 0.2) is 5.60 Å². The van der Waals surface area contributed by atoms with Crippen molar-refractivity contribution in [3.63, 3.8) is 0 Å². The fraction of sp³-hybridized carbons (Fsp3) is 0.167. The van der Waals surface area contributed by atoms with E-state index in [4.69, 9.17) is 23.2 Å². The van der Waals surface area contributed by atoms with E-state index < -0.39 is 5.60 Å². The largest absolute Gasteiger partial charge is 0.374 e. The number of rotatable bonds is 6. The van der Waals surface area contributed by atoms with E-state index in [1.165, 1.54) is 0 Å². The lowest BCUT2D eigenvalue weighted by Crippen LogP contribution is -2.32. The van der Waals surface area contributed by atoms with Gasteiger partial charge in [0, 0.05) is 53.8 Å². The molecule has 0 radical (unpaired) electrons. The summed E-state index contributed by atoms with van der Waals surface area (Å²) in [6.45, 7) is 3.79. The maximum absolute atomic E-state index is 12.4. The summed E-state index contributed by atoms with van der Waals surface area (Å²) in [6, 6.07) is 19.2. The normalized spacial score (nSPS) is 13.1. The van der Waals surface area contributed by atoms with Crippen LogP contribution in [0.5, 0.6) is 0 Å². The Morgan fingerprint density at radius 3 is 2.45 bits per heavy atom. The summed E-state index contributed by atoms with van der Waals surface area (Å²) < 4.78 is 3.36. The molecule has 0 aliphatic heterocycles. The topological polar surface area (TPSA) is 94.5 Å². The number of nitrogens with zero attached hydrogens (tertiary/aromatic N) is 7. The van der Waals surface area contributed by atoms with E-state index in [9.17, 15) is 5.11 Å². The van der Waals surface area contributed by atoms with Gasteiger partial charge in [-0.1, -0.05) is 52.7 Å². The Hall–Kier alpha value is -4.11. The maximum Gasteiger partial charge on any atom is 0.160 e. The molecular weight excluding hydrogens is 545 g/mol. The number of hydrogen-bond acceptors (Lipinski definition) is 6. The summed E-state index contributed by atoms with van der Waals surface area (Å²) in [5, 5.41) is 26.3. The van der Waals surface area contributed by atoms with E-state index in [1.807, 2.05) is 80.7 Å². The SMILES string of the molecule is Cc1ccc(C(O)(c2ccc3nc(Cl)c(Cc4ccc(-n5cccn5)cc4)c(Cl)c3c2)c2cnnn2C)c(C)n1. The van der Waals surface area contributed by atoms with E-state index in [2.05, 4.69) is 25.4 Å². The fourth-order valence-corrected chi connectivity index (χ4v) is 5.74. The van der Waals surface area contributed by atoms with E-state index in [1.54, 1.807) is 28.8 Å². The first-order chi connectivity index (χ1) is 19.3. The lowest BCUT2D eigenvalue weighted by molar-refractivity contribution is 0.115. The van der Waals surface area contributed by atoms with E-state index in [0.29, 0.717) is 55.6 Å². The van der Waals surface area contributed by atoms with Crippen LogP contribution < -0.4 is 0 Å². The van der Waals surface area contributed by atoms with Crippen LogP contribution in [-0.2, 0) is 19.1 Å². The average Bonchev–Trinajstić information content (AvgIpc) is 3.63. The second-order valence-electron chi connectivity index (χ2n) is 9.76. The molecule has 4 aromatic heterocycles. The highest BCUT2D eigenvalue weighted by molar-refractivity contribution is 6.39. The van der Waals surface area contributed by atoms with Crippen molar-refractivity contribution in [3.8, 4) is 5.69 Å². The minimum atomic E-state index is -1.59. The van der Waals surface area contributed by atoms with E-state index in [-0.39, 0.29) is 0 Å². The third-order valence-corrected chi connectivity index (χ3v) is 7.91. The fourth-order valence-electron chi connectivity index (χ4n) is 5.13. The Morgan fingerprint density at radius 1 is 0.975 bits per heavy atom. The van der Waals surface area contributed by atoms with Gasteiger partial charge in [-0.3, -0.25) is 4.98 Å². The van der Waals surface area contributed by atoms with Crippen molar-refractivity contribution < 1.29 is 5.11 Å². The molecule has 200 valence electrons. The molecule has 0 saturated heterocycles. The van der Waals surface area contributed by atoms with Crippen LogP contribution in [0.2, 0.25) is 10.2 Å². The van der Waals surface area contributed by atoms with Crippen LogP contribution in [0.4, 0.5) is 0 Å². The number of fused-ring (bicyclic) bond motifs is 1. The van der Waals surface area contributed by atoms with Gasteiger partial charge < -0.3 is 5.11 Å². The number of aryl methyl sites for hydroxylation is 3. The van der Waals surface area contributed by atoms with Gasteiger partial charge in [0.1, 0.15) is 5.15 Å². The zero-order valence-electron chi connectivity index (χ0n) is 22.0. The summed E-state index contributed by atoms with van der Waals surface area (Å²) in [5.74, 6) is 0. The summed E-state index contributed by atoms with van der Waals surface area (Å²) >= 11 is 13.7. The number of halogens is 2. The molecule has 0 saturated carbocycles. The molecule has 1 N–H and O–H groups in total. The second kappa shape index (κ2) is 10.1. The highest BCUT2D eigenvalue weighted by Gasteiger charge is 2.39. The summed E-state index contributed by atoms with van der Waals surface area (Å²) in [7, 11) is 1.75. The molecule has 0 spiro atoms. The van der Waals surface area contributed by atoms with Gasteiger partial charge in [-0.2, -0.15) is 5.10 Å². The van der Waals surface area contributed by atoms with Gasteiger partial charge in [-0.25, -0.2) is 14.3 Å². The number of aromatic nitrogens is 7. The van der Waals surface area contributed by atoms with Crippen LogP contribution in [0, 0.1) is 13.8 Å². The first kappa shape index (κ1) is 26.1. The van der Waals surface area contributed by atoms with Gasteiger partial charge in [0.25, 0.3) is 0 Å². The van der Waals surface area contributed by atoms with Crippen molar-refractivity contribution in [2.24, 2.45) is 7.05 Å². The Bertz CT molecular complexity index is 1850. The first-order valence-corrected chi connectivity index (χ1v) is 13.4. The van der Waals surface area contributed by atoms with Crippen molar-refractivity contribution in [3.05, 3.63) is 129 Å². The van der Waals surface area contributed by atoms with Crippen LogP contribution in [0.3, 0.4) is 0 Å². The third-order valence-electron chi connectivity index (χ3n) is 7.17. The molecule has 6 aromatic rings. The zero-order valence-corrected chi connectivity index (χ0v) is 23.6. The standard InChI is InChI=1S/C30H25Cl2N7O/c1-18-5-11-25(19(2)35-18)30(40,27-17-33-37-38(27)3)21-8-12-26-23(16-21)28(31)24(29(32)36-26)15-20-6-9-22(10-7-20)39-14-4-13-34-39/h4-14,16-17,40H,15H2,1-3H3. The van der Waals surface area contributed by atoms with E-state index in [0.717, 1.165) is 16.9 Å². The second-order valence-corrected chi connectivity index (χ2v) is 10.5. The lowest BCUT2D eigenvalue weighted by Gasteiger charge is -2.30. The van der Waals surface area contributed by atoms with Crippen LogP contribution in [0.15, 0.2) is 79.3 Å². The Morgan fingerprint density at radius 2 is 1.77 bits per heavy atom. The molecule has 0 aliphatic carbocycles. The molecule has 0 fully saturated rings. The molecule has 0 bridgehead atoms. The highest BCUT2D eigenvalue weighted by Crippen LogP contribution is 2.40. The summed E-state index contributed by atoms with van der Waals surface area (Å²) in [6.07, 6.45) is 5.68. The monoisotopic (exact) mass is 569 g/mol. The lowest BCUT2D eigenvalue weighted by atomic mass is 9.82. The van der Waals surface area contributed by atoms with Crippen LogP contribution in [-0.4, -0.2) is 39.8 Å². The molecule has 40 heavy (non-hydrogen) atoms. The molecule has 4 heterocycles. The first-order valence-electron chi connectivity index (χ1n) is 12.6. The predicted molar refractivity (Wildman–Crippen MR) is 155 cm³/mol. The number of aliphatic hydroxyl groups is 1.